The van der Waals surface area contributed by atoms with E-state index in [1.54, 1.807) is 31.2 Å². The fourth-order valence-electron chi connectivity index (χ4n) is 1.63. The first kappa shape index (κ1) is 15.6. The smallest absolute Gasteiger partial charge is 0.256 e. The van der Waals surface area contributed by atoms with Gasteiger partial charge in [-0.25, -0.2) is 0 Å². The normalized spacial score (nSPS) is 10.7. The molecule has 1 aromatic heterocycles. The predicted molar refractivity (Wildman–Crippen MR) is 83.7 cm³/mol. The van der Waals surface area contributed by atoms with Crippen LogP contribution >= 0.6 is 15.9 Å². The van der Waals surface area contributed by atoms with Crippen LogP contribution in [0.2, 0.25) is 0 Å². The van der Waals surface area contributed by atoms with E-state index < -0.39 is 0 Å². The van der Waals surface area contributed by atoms with Crippen molar-refractivity contribution in [2.75, 3.05) is 11.9 Å². The monoisotopic (exact) mass is 352 g/mol. The number of ether oxygens (including phenoxy) is 1. The number of rotatable bonds is 5. The molecule has 0 atom stereocenters. The third kappa shape index (κ3) is 4.32. The Balaban J connectivity index is 2.06. The molecule has 0 aliphatic carbocycles. The predicted octanol–water partition coefficient (Wildman–Crippen LogP) is 4.03. The Morgan fingerprint density at radius 1 is 1.43 bits per heavy atom. The molecule has 0 unspecified atom stereocenters. The van der Waals surface area contributed by atoms with Gasteiger partial charge in [0.25, 0.3) is 5.91 Å². The number of benzene rings is 1. The molecule has 0 bridgehead atoms. The van der Waals surface area contributed by atoms with Gasteiger partial charge in [0, 0.05) is 11.6 Å². The van der Waals surface area contributed by atoms with E-state index in [1.165, 1.54) is 0 Å². The maximum atomic E-state index is 12.1. The first-order valence-electron chi connectivity index (χ1n) is 6.62. The third-order valence-electron chi connectivity index (χ3n) is 2.64. The number of aryl methyl sites for hydroxylation is 1. The van der Waals surface area contributed by atoms with E-state index in [2.05, 4.69) is 40.3 Å². The van der Waals surface area contributed by atoms with Crippen LogP contribution in [0.25, 0.3) is 0 Å². The summed E-state index contributed by atoms with van der Waals surface area (Å²) < 4.78 is 11.3. The van der Waals surface area contributed by atoms with Gasteiger partial charge >= 0.3 is 0 Å². The Labute approximate surface area is 131 Å². The highest BCUT2D eigenvalue weighted by Crippen LogP contribution is 2.26. The molecule has 2 aromatic rings. The second kappa shape index (κ2) is 6.76. The van der Waals surface area contributed by atoms with E-state index >= 15 is 0 Å². The Kier molecular flexibility index (Phi) is 5.01. The quantitative estimate of drug-likeness (QED) is 0.881. The molecule has 1 heterocycles. The molecule has 6 heteroatoms. The summed E-state index contributed by atoms with van der Waals surface area (Å²) in [5.41, 5.74) is 0.513. The molecule has 0 aliphatic rings. The molecule has 112 valence electrons. The number of amides is 1. The van der Waals surface area contributed by atoms with Crippen LogP contribution in [0, 0.1) is 12.8 Å². The Morgan fingerprint density at radius 2 is 2.19 bits per heavy atom. The molecule has 0 fully saturated rings. The van der Waals surface area contributed by atoms with Crippen LogP contribution in [0.1, 0.15) is 30.0 Å². The van der Waals surface area contributed by atoms with Crippen molar-refractivity contribution in [3.05, 3.63) is 40.1 Å². The third-order valence-corrected chi connectivity index (χ3v) is 3.26. The lowest BCUT2D eigenvalue weighted by molar-refractivity contribution is 0.102. The van der Waals surface area contributed by atoms with Crippen LogP contribution in [0.3, 0.4) is 0 Å². The molecule has 5 nitrogen and oxygen atoms in total. The first-order valence-corrected chi connectivity index (χ1v) is 7.42. The highest BCUT2D eigenvalue weighted by atomic mass is 79.9. The first-order chi connectivity index (χ1) is 9.95. The van der Waals surface area contributed by atoms with Crippen molar-refractivity contribution < 1.29 is 14.1 Å². The van der Waals surface area contributed by atoms with Crippen LogP contribution in [-0.2, 0) is 0 Å². The van der Waals surface area contributed by atoms with E-state index in [4.69, 9.17) is 9.26 Å². The lowest BCUT2D eigenvalue weighted by Crippen LogP contribution is -2.12. The molecule has 0 saturated heterocycles. The fourth-order valence-corrected chi connectivity index (χ4v) is 2.12. The van der Waals surface area contributed by atoms with Crippen molar-refractivity contribution in [3.63, 3.8) is 0 Å². The number of carbonyl (C=O) groups is 1. The minimum absolute atomic E-state index is 0.251. The summed E-state index contributed by atoms with van der Waals surface area (Å²) in [5.74, 6) is 1.95. The topological polar surface area (TPSA) is 64.4 Å². The molecule has 0 aliphatic heterocycles. The molecule has 0 radical (unpaired) electrons. The average molecular weight is 353 g/mol. The molecular weight excluding hydrogens is 336 g/mol. The molecule has 1 amide bonds. The number of halogens is 1. The number of hydrogen-bond donors (Lipinski definition) is 1. The number of hydrogen-bond acceptors (Lipinski definition) is 4. The van der Waals surface area contributed by atoms with Crippen LogP contribution < -0.4 is 10.1 Å². The largest absolute Gasteiger partial charge is 0.492 e. The molecule has 2 rings (SSSR count). The van der Waals surface area contributed by atoms with Gasteiger partial charge in [-0.1, -0.05) is 19.0 Å². The van der Waals surface area contributed by atoms with Crippen molar-refractivity contribution in [2.24, 2.45) is 5.92 Å². The number of nitrogens with zero attached hydrogens (tertiary/aromatic N) is 1. The summed E-state index contributed by atoms with van der Waals surface area (Å²) in [5, 5.41) is 6.40. The van der Waals surface area contributed by atoms with Crippen LogP contribution in [0.15, 0.2) is 33.3 Å². The molecule has 21 heavy (non-hydrogen) atoms. The number of anilines is 1. The van der Waals surface area contributed by atoms with Gasteiger partial charge in [-0.05, 0) is 47.0 Å². The zero-order chi connectivity index (χ0) is 15.4. The number of aromatic nitrogens is 1. The average Bonchev–Trinajstić information content (AvgIpc) is 2.82. The van der Waals surface area contributed by atoms with E-state index in [0.29, 0.717) is 29.7 Å². The van der Waals surface area contributed by atoms with Gasteiger partial charge in [0.1, 0.15) is 11.5 Å². The van der Waals surface area contributed by atoms with Crippen molar-refractivity contribution in [3.8, 4) is 5.75 Å². The van der Waals surface area contributed by atoms with Gasteiger partial charge in [0.2, 0.25) is 0 Å². The summed E-state index contributed by atoms with van der Waals surface area (Å²) in [4.78, 5) is 12.1. The Hall–Kier alpha value is -1.82. The summed E-state index contributed by atoms with van der Waals surface area (Å²) in [6, 6.07) is 6.86. The lowest BCUT2D eigenvalue weighted by atomic mass is 10.2. The lowest BCUT2D eigenvalue weighted by Gasteiger charge is -2.11. The molecule has 0 spiro atoms. The summed E-state index contributed by atoms with van der Waals surface area (Å²) in [7, 11) is 0. The highest BCUT2D eigenvalue weighted by Gasteiger charge is 2.11. The Bertz CT molecular complexity index is 638. The number of nitrogens with one attached hydrogen (secondary N) is 1. The summed E-state index contributed by atoms with van der Waals surface area (Å²) >= 11 is 3.42. The minimum Gasteiger partial charge on any atom is -0.492 e. The molecule has 1 aromatic carbocycles. The van der Waals surface area contributed by atoms with Crippen LogP contribution in [0.5, 0.6) is 5.75 Å². The fraction of sp³-hybridized carbons (Fsp3) is 0.333. The van der Waals surface area contributed by atoms with Crippen molar-refractivity contribution in [1.29, 1.82) is 0 Å². The van der Waals surface area contributed by atoms with Gasteiger partial charge in [-0.3, -0.25) is 4.79 Å². The van der Waals surface area contributed by atoms with E-state index in [9.17, 15) is 4.79 Å². The van der Waals surface area contributed by atoms with Gasteiger partial charge in [-0.15, -0.1) is 0 Å². The minimum atomic E-state index is -0.251. The van der Waals surface area contributed by atoms with E-state index in [1.807, 2.05) is 0 Å². The van der Waals surface area contributed by atoms with E-state index in [0.717, 1.165) is 10.2 Å². The summed E-state index contributed by atoms with van der Waals surface area (Å²) in [6.07, 6.45) is 0. The molecular formula is C15H17BrN2O3. The van der Waals surface area contributed by atoms with Gasteiger partial charge in [0.05, 0.1) is 11.1 Å². The zero-order valence-corrected chi connectivity index (χ0v) is 13.7. The standard InChI is InChI=1S/C15H17BrN2O3/c1-9(2)8-20-13-5-4-11(7-12(13)16)15(19)17-14-6-10(3)21-18-14/h4-7,9H,8H2,1-3H3,(H,17,18,19). The van der Waals surface area contributed by atoms with Gasteiger partial charge in [-0.2, -0.15) is 0 Å². The summed E-state index contributed by atoms with van der Waals surface area (Å²) in [6.45, 7) is 6.55. The number of carbonyl (C=O) groups excluding carboxylic acids is 1. The molecule has 1 N–H and O–H groups in total. The molecule has 0 saturated carbocycles. The zero-order valence-electron chi connectivity index (χ0n) is 12.1. The van der Waals surface area contributed by atoms with Gasteiger partial charge < -0.3 is 14.6 Å². The Morgan fingerprint density at radius 3 is 2.76 bits per heavy atom. The van der Waals surface area contributed by atoms with Crippen molar-refractivity contribution in [1.82, 2.24) is 5.16 Å². The second-order valence-electron chi connectivity index (χ2n) is 5.13. The van der Waals surface area contributed by atoms with Crippen LogP contribution in [-0.4, -0.2) is 17.7 Å². The van der Waals surface area contributed by atoms with Crippen LogP contribution in [0.4, 0.5) is 5.82 Å². The maximum absolute atomic E-state index is 12.1. The SMILES string of the molecule is Cc1cc(NC(=O)c2ccc(OCC(C)C)c(Br)c2)no1. The van der Waals surface area contributed by atoms with Crippen molar-refractivity contribution >= 4 is 27.7 Å². The van der Waals surface area contributed by atoms with Crippen molar-refractivity contribution in [2.45, 2.75) is 20.8 Å². The van der Waals surface area contributed by atoms with Gasteiger partial charge in [0.15, 0.2) is 5.82 Å². The van der Waals surface area contributed by atoms with E-state index in [-0.39, 0.29) is 5.91 Å². The second-order valence-corrected chi connectivity index (χ2v) is 5.98. The highest BCUT2D eigenvalue weighted by molar-refractivity contribution is 9.10. The maximum Gasteiger partial charge on any atom is 0.256 e.